The Morgan fingerprint density at radius 3 is 1.99 bits per heavy atom. The number of hydrogen-bond acceptors (Lipinski definition) is 12. The van der Waals surface area contributed by atoms with Crippen LogP contribution in [0.1, 0.15) is 97.9 Å². The number of ether oxygens (including phenoxy) is 6. The number of nitrogens with one attached hydrogen (secondary N) is 1. The average Bonchev–Trinajstić information content (AvgIpc) is 3.84. The van der Waals surface area contributed by atoms with E-state index < -0.39 is 11.6 Å². The minimum Gasteiger partial charge on any atom is -0.493 e. The quantitative estimate of drug-likeness (QED) is 0.101. The van der Waals surface area contributed by atoms with E-state index in [4.69, 9.17) is 33.4 Å². The molecule has 0 aliphatic carbocycles. The molecule has 0 saturated carbocycles. The van der Waals surface area contributed by atoms with E-state index in [2.05, 4.69) is 11.4 Å². The summed E-state index contributed by atoms with van der Waals surface area (Å²) in [5, 5.41) is 3.52. The van der Waals surface area contributed by atoms with Gasteiger partial charge in [-0.2, -0.15) is 11.8 Å². The van der Waals surface area contributed by atoms with Crippen LogP contribution in [0.15, 0.2) is 96.0 Å². The number of rotatable bonds is 16. The number of hydrogen-bond donors (Lipinski definition) is 1. The highest BCUT2D eigenvalue weighted by atomic mass is 32.2. The fourth-order valence-corrected chi connectivity index (χ4v) is 9.92. The second-order valence-corrected chi connectivity index (χ2v) is 22.4. The highest BCUT2D eigenvalue weighted by Gasteiger charge is 2.40. The van der Waals surface area contributed by atoms with Crippen molar-refractivity contribution in [1.29, 1.82) is 0 Å². The van der Waals surface area contributed by atoms with Gasteiger partial charge in [-0.25, -0.2) is 4.79 Å². The Labute approximate surface area is 427 Å². The second-order valence-electron chi connectivity index (χ2n) is 20.9. The first-order valence-electron chi connectivity index (χ1n) is 24.5. The van der Waals surface area contributed by atoms with Crippen LogP contribution in [0.4, 0.5) is 33.2 Å². The summed E-state index contributed by atoms with van der Waals surface area (Å²) in [6.45, 7) is 15.3. The van der Waals surface area contributed by atoms with E-state index in [1.165, 1.54) is 0 Å². The predicted octanol–water partition coefficient (Wildman–Crippen LogP) is 11.2. The number of thioether (sulfide) groups is 1. The van der Waals surface area contributed by atoms with Crippen LogP contribution in [0, 0.1) is 0 Å². The molecule has 0 aromatic heterocycles. The van der Waals surface area contributed by atoms with Gasteiger partial charge in [0.15, 0.2) is 23.0 Å². The maximum absolute atomic E-state index is 14.6. The molecule has 2 atom stereocenters. The van der Waals surface area contributed by atoms with Crippen LogP contribution < -0.4 is 39.0 Å². The van der Waals surface area contributed by atoms with Gasteiger partial charge in [0.2, 0.25) is 0 Å². The Balaban J connectivity index is 1.05. The molecule has 4 aliphatic rings. The number of para-hydroxylation sites is 2. The maximum atomic E-state index is 14.6. The molecule has 4 heterocycles. The molecular formula is C57H65N5O9S. The zero-order chi connectivity index (χ0) is 51.1. The largest absolute Gasteiger partial charge is 0.493 e. The van der Waals surface area contributed by atoms with Gasteiger partial charge in [0.1, 0.15) is 19.8 Å². The van der Waals surface area contributed by atoms with Gasteiger partial charge in [-0.1, -0.05) is 36.4 Å². The SMILES string of the molecule is COc1cc2c(cc1OCc1cc(COc3cc4c(cc3OC)C(=O)N3c5ccccc5C[C@H]3CN4)cc(N(C(=O)OCC(C)(C)SC)C(C)(C)CCOC(C)(C)C)c1)N=C[C@@H]1Cc3ccccc3N1C2=O. The van der Waals surface area contributed by atoms with Gasteiger partial charge in [0, 0.05) is 65.3 Å². The number of amides is 3. The van der Waals surface area contributed by atoms with E-state index in [-0.39, 0.29) is 54.1 Å². The number of benzene rings is 5. The van der Waals surface area contributed by atoms with Crippen LogP contribution in [0.3, 0.4) is 0 Å². The Hall–Kier alpha value is -6.71. The summed E-state index contributed by atoms with van der Waals surface area (Å²) in [5.41, 5.74) is 6.89. The number of aliphatic imine (C=N–C) groups is 1. The van der Waals surface area contributed by atoms with Gasteiger partial charge in [-0.05, 0) is 132 Å². The molecule has 0 radical (unpaired) electrons. The molecule has 1 N–H and O–H groups in total. The van der Waals surface area contributed by atoms with E-state index in [1.807, 2.05) is 133 Å². The Kier molecular flexibility index (Phi) is 14.0. The van der Waals surface area contributed by atoms with Crippen LogP contribution in [-0.2, 0) is 35.5 Å². The van der Waals surface area contributed by atoms with Crippen molar-refractivity contribution >= 4 is 64.3 Å². The normalized spacial score (nSPS) is 16.8. The van der Waals surface area contributed by atoms with Crippen LogP contribution >= 0.6 is 11.8 Å². The first-order valence-corrected chi connectivity index (χ1v) is 25.7. The molecule has 0 unspecified atom stereocenters. The molecule has 378 valence electrons. The van der Waals surface area contributed by atoms with Crippen LogP contribution in [0.5, 0.6) is 23.0 Å². The third kappa shape index (κ3) is 10.3. The van der Waals surface area contributed by atoms with Gasteiger partial charge in [-0.15, -0.1) is 0 Å². The molecule has 9 rings (SSSR count). The van der Waals surface area contributed by atoms with Crippen LogP contribution in [-0.4, -0.2) is 92.3 Å². The molecule has 3 amide bonds. The van der Waals surface area contributed by atoms with Crippen molar-refractivity contribution in [2.75, 3.05) is 60.3 Å². The molecule has 5 aromatic rings. The monoisotopic (exact) mass is 995 g/mol. The van der Waals surface area contributed by atoms with Crippen molar-refractivity contribution in [2.24, 2.45) is 4.99 Å². The third-order valence-corrected chi connectivity index (χ3v) is 14.9. The fraction of sp³-hybridized carbons (Fsp3) is 0.404. The first kappa shape index (κ1) is 50.2. The van der Waals surface area contributed by atoms with E-state index in [1.54, 1.807) is 54.0 Å². The molecule has 14 nitrogen and oxygen atoms in total. The van der Waals surface area contributed by atoms with Crippen molar-refractivity contribution in [3.05, 3.63) is 124 Å². The zero-order valence-electron chi connectivity index (χ0n) is 42.9. The van der Waals surface area contributed by atoms with Gasteiger partial charge in [-0.3, -0.25) is 24.4 Å². The van der Waals surface area contributed by atoms with E-state index in [0.29, 0.717) is 82.7 Å². The minimum atomic E-state index is -0.795. The van der Waals surface area contributed by atoms with Gasteiger partial charge in [0.25, 0.3) is 11.8 Å². The average molecular weight is 996 g/mol. The second kappa shape index (κ2) is 20.1. The summed E-state index contributed by atoms with van der Waals surface area (Å²) in [4.78, 5) is 53.2. The van der Waals surface area contributed by atoms with E-state index in [0.717, 1.165) is 34.5 Å². The Morgan fingerprint density at radius 2 is 1.35 bits per heavy atom. The number of carbonyl (C=O) groups excluding carboxylic acids is 3. The molecule has 15 heteroatoms. The predicted molar refractivity (Wildman–Crippen MR) is 285 cm³/mol. The number of methoxy groups -OCH3 is 2. The lowest BCUT2D eigenvalue weighted by atomic mass is 9.96. The summed E-state index contributed by atoms with van der Waals surface area (Å²) >= 11 is 1.62. The molecule has 72 heavy (non-hydrogen) atoms. The molecule has 0 saturated heterocycles. The highest BCUT2D eigenvalue weighted by Crippen LogP contribution is 2.43. The summed E-state index contributed by atoms with van der Waals surface area (Å²) in [7, 11) is 3.10. The van der Waals surface area contributed by atoms with Crippen LogP contribution in [0.25, 0.3) is 0 Å². The molecule has 0 bridgehead atoms. The van der Waals surface area contributed by atoms with Gasteiger partial charge in [0.05, 0.1) is 54.4 Å². The summed E-state index contributed by atoms with van der Waals surface area (Å²) < 4.78 is 37.0. The lowest BCUT2D eigenvalue weighted by Gasteiger charge is -2.39. The standard InChI is InChI=1S/C57H65N5O9S/c1-55(2,3)71-20-19-56(4,5)62(54(65)70-34-57(6,7)72-10)39-22-35(32-68-50-28-44-42(26-48(50)66-8)52(63)60-40(30-58-44)24-37-15-11-13-17-46(37)60)21-36(23-39)33-69-51-29-45-43(27-49(51)67-9)53(64)61-41(31-59-45)25-38-16-12-14-18-47(38)61/h11-18,21-23,26-30,40-41,59H,19-20,24-25,31-34H2,1-10H3/t40-,41-/m0/s1. The molecule has 0 spiro atoms. The number of carbonyl (C=O) groups is 3. The zero-order valence-corrected chi connectivity index (χ0v) is 43.7. The third-order valence-electron chi connectivity index (χ3n) is 13.7. The van der Waals surface area contributed by atoms with Crippen molar-refractivity contribution < 1.29 is 42.8 Å². The number of fused-ring (bicyclic) bond motifs is 8. The van der Waals surface area contributed by atoms with Crippen molar-refractivity contribution in [1.82, 2.24) is 0 Å². The first-order chi connectivity index (χ1) is 34.4. The van der Waals surface area contributed by atoms with Crippen molar-refractivity contribution in [3.8, 4) is 23.0 Å². The minimum absolute atomic E-state index is 0.0383. The maximum Gasteiger partial charge on any atom is 0.414 e. The lowest BCUT2D eigenvalue weighted by Crippen LogP contribution is -2.50. The lowest BCUT2D eigenvalue weighted by molar-refractivity contribution is -0.00984. The van der Waals surface area contributed by atoms with Crippen molar-refractivity contribution in [2.45, 2.75) is 109 Å². The topological polar surface area (TPSA) is 141 Å². The summed E-state index contributed by atoms with van der Waals surface area (Å²) in [6, 6.07) is 28.5. The van der Waals surface area contributed by atoms with Gasteiger partial charge < -0.3 is 38.6 Å². The molecule has 0 fully saturated rings. The van der Waals surface area contributed by atoms with Crippen LogP contribution in [0.2, 0.25) is 0 Å². The van der Waals surface area contributed by atoms with E-state index in [9.17, 15) is 14.4 Å². The highest BCUT2D eigenvalue weighted by molar-refractivity contribution is 7.99. The Bertz CT molecular complexity index is 2930. The fourth-order valence-electron chi connectivity index (χ4n) is 9.74. The summed E-state index contributed by atoms with van der Waals surface area (Å²) in [5.74, 6) is 1.33. The number of anilines is 4. The van der Waals surface area contributed by atoms with Gasteiger partial charge >= 0.3 is 6.09 Å². The molecule has 4 aliphatic heterocycles. The molecular weight excluding hydrogens is 931 g/mol. The van der Waals surface area contributed by atoms with E-state index >= 15 is 0 Å². The van der Waals surface area contributed by atoms with Crippen molar-refractivity contribution in [3.63, 3.8) is 0 Å². The molecule has 5 aromatic carbocycles. The summed E-state index contributed by atoms with van der Waals surface area (Å²) in [6.07, 6.45) is 5.24. The Morgan fingerprint density at radius 1 is 0.750 bits per heavy atom. The smallest absolute Gasteiger partial charge is 0.414 e. The number of nitrogens with zero attached hydrogens (tertiary/aromatic N) is 4.